The molecule has 4 heteroatoms. The molecule has 0 aliphatic heterocycles. The molecule has 0 saturated carbocycles. The van der Waals surface area contributed by atoms with Crippen molar-refractivity contribution >= 4 is 29.1 Å². The molecule has 0 unspecified atom stereocenters. The van der Waals surface area contributed by atoms with Crippen molar-refractivity contribution in [2.45, 2.75) is 11.9 Å². The molecule has 0 saturated heterocycles. The fourth-order valence-corrected chi connectivity index (χ4v) is 1.55. The molecule has 0 aliphatic carbocycles. The summed E-state index contributed by atoms with van der Waals surface area (Å²) in [6.07, 6.45) is 0. The summed E-state index contributed by atoms with van der Waals surface area (Å²) in [4.78, 5) is 4.07. The molecule has 2 nitrogen and oxygen atoms in total. The maximum atomic E-state index is 5.67. The summed E-state index contributed by atoms with van der Waals surface area (Å²) < 4.78 is 0. The average molecular weight is 189 g/mol. The van der Waals surface area contributed by atoms with Gasteiger partial charge in [-0.25, -0.2) is 4.98 Å². The maximum Gasteiger partial charge on any atom is 0.130 e. The topological polar surface area (TPSA) is 38.9 Å². The van der Waals surface area contributed by atoms with Crippen molar-refractivity contribution < 1.29 is 0 Å². The summed E-state index contributed by atoms with van der Waals surface area (Å²) in [7, 11) is 0. The number of aromatic nitrogens is 1. The smallest absolute Gasteiger partial charge is 0.130 e. The molecule has 1 aromatic heterocycles. The Bertz CT molecular complexity index is 252. The Labute approximate surface area is 75.1 Å². The number of thioether (sulfide) groups is 1. The lowest BCUT2D eigenvalue weighted by atomic mass is 10.4. The third kappa shape index (κ3) is 2.27. The summed E-state index contributed by atoms with van der Waals surface area (Å²) in [5.74, 6) is 0.956. The van der Waals surface area contributed by atoms with Crippen LogP contribution in [0.4, 0.5) is 5.69 Å². The lowest BCUT2D eigenvalue weighted by Crippen LogP contribution is -1.91. The SMILES string of the molecule is CCSc1nc(Cl)ccc1N. The van der Waals surface area contributed by atoms with Gasteiger partial charge in [0.25, 0.3) is 0 Å². The minimum Gasteiger partial charge on any atom is -0.397 e. The third-order valence-electron chi connectivity index (χ3n) is 1.14. The monoisotopic (exact) mass is 188 g/mol. The summed E-state index contributed by atoms with van der Waals surface area (Å²) in [5, 5.41) is 1.31. The number of hydrogen-bond donors (Lipinski definition) is 1. The highest BCUT2D eigenvalue weighted by atomic mass is 35.5. The molecule has 0 amide bonds. The minimum atomic E-state index is 0.496. The van der Waals surface area contributed by atoms with Gasteiger partial charge in [-0.1, -0.05) is 18.5 Å². The molecule has 0 radical (unpaired) electrons. The van der Waals surface area contributed by atoms with Crippen LogP contribution in [0.15, 0.2) is 17.2 Å². The molecule has 1 rings (SSSR count). The van der Waals surface area contributed by atoms with E-state index in [1.807, 2.05) is 6.92 Å². The number of nitrogens with zero attached hydrogens (tertiary/aromatic N) is 1. The van der Waals surface area contributed by atoms with Gasteiger partial charge in [-0.2, -0.15) is 0 Å². The number of rotatable bonds is 2. The van der Waals surface area contributed by atoms with Crippen LogP contribution in [0.5, 0.6) is 0 Å². The van der Waals surface area contributed by atoms with Crippen molar-refractivity contribution in [2.75, 3.05) is 11.5 Å². The number of hydrogen-bond acceptors (Lipinski definition) is 3. The molecule has 60 valence electrons. The Hall–Kier alpha value is -0.410. The van der Waals surface area contributed by atoms with Crippen molar-refractivity contribution in [2.24, 2.45) is 0 Å². The fourth-order valence-electron chi connectivity index (χ4n) is 0.681. The molecular weight excluding hydrogens is 180 g/mol. The highest BCUT2D eigenvalue weighted by molar-refractivity contribution is 7.99. The summed E-state index contributed by atoms with van der Waals surface area (Å²) in [6, 6.07) is 3.46. The van der Waals surface area contributed by atoms with Crippen LogP contribution in [0, 0.1) is 0 Å². The van der Waals surface area contributed by atoms with Crippen LogP contribution in [0.3, 0.4) is 0 Å². The van der Waals surface area contributed by atoms with Crippen molar-refractivity contribution in [3.05, 3.63) is 17.3 Å². The van der Waals surface area contributed by atoms with Crippen molar-refractivity contribution in [1.82, 2.24) is 4.98 Å². The number of nitrogens with two attached hydrogens (primary N) is 1. The highest BCUT2D eigenvalue weighted by Gasteiger charge is 2.00. The van der Waals surface area contributed by atoms with E-state index in [0.29, 0.717) is 10.8 Å². The lowest BCUT2D eigenvalue weighted by molar-refractivity contribution is 1.14. The van der Waals surface area contributed by atoms with Gasteiger partial charge in [0.15, 0.2) is 0 Å². The first-order valence-electron chi connectivity index (χ1n) is 3.29. The van der Waals surface area contributed by atoms with Crippen molar-refractivity contribution in [3.63, 3.8) is 0 Å². The zero-order valence-electron chi connectivity index (χ0n) is 6.17. The molecule has 0 spiro atoms. The molecule has 0 aromatic carbocycles. The molecule has 1 aromatic rings. The largest absolute Gasteiger partial charge is 0.397 e. The number of halogens is 1. The van der Waals surface area contributed by atoms with Gasteiger partial charge in [-0.15, -0.1) is 11.8 Å². The first-order chi connectivity index (χ1) is 5.24. The predicted molar refractivity (Wildman–Crippen MR) is 50.1 cm³/mol. The fraction of sp³-hybridized carbons (Fsp3) is 0.286. The van der Waals surface area contributed by atoms with Gasteiger partial charge < -0.3 is 5.73 Å². The Morgan fingerprint density at radius 1 is 1.64 bits per heavy atom. The molecular formula is C7H9ClN2S. The van der Waals surface area contributed by atoms with Crippen molar-refractivity contribution in [3.8, 4) is 0 Å². The second-order valence-electron chi connectivity index (χ2n) is 1.96. The molecule has 11 heavy (non-hydrogen) atoms. The summed E-state index contributed by atoms with van der Waals surface area (Å²) in [6.45, 7) is 2.05. The molecule has 0 atom stereocenters. The van der Waals surface area contributed by atoms with Crippen LogP contribution in [0.2, 0.25) is 5.15 Å². The van der Waals surface area contributed by atoms with E-state index in [4.69, 9.17) is 17.3 Å². The van der Waals surface area contributed by atoms with E-state index < -0.39 is 0 Å². The zero-order valence-corrected chi connectivity index (χ0v) is 7.75. The van der Waals surface area contributed by atoms with Crippen LogP contribution in [0.1, 0.15) is 6.92 Å². The van der Waals surface area contributed by atoms with Gasteiger partial charge in [0.1, 0.15) is 10.2 Å². The first kappa shape index (κ1) is 8.68. The number of anilines is 1. The van der Waals surface area contributed by atoms with Crippen molar-refractivity contribution in [1.29, 1.82) is 0 Å². The van der Waals surface area contributed by atoms with E-state index in [-0.39, 0.29) is 0 Å². The highest BCUT2D eigenvalue weighted by Crippen LogP contribution is 2.23. The number of nitrogen functional groups attached to an aromatic ring is 1. The molecule has 1 heterocycles. The van der Waals surface area contributed by atoms with Gasteiger partial charge in [0, 0.05) is 0 Å². The molecule has 2 N–H and O–H groups in total. The molecule has 0 aliphatic rings. The van der Waals surface area contributed by atoms with Crippen LogP contribution in [-0.2, 0) is 0 Å². The quantitative estimate of drug-likeness (QED) is 0.573. The maximum absolute atomic E-state index is 5.67. The second kappa shape index (κ2) is 3.83. The predicted octanol–water partition coefficient (Wildman–Crippen LogP) is 2.43. The van der Waals surface area contributed by atoms with E-state index in [2.05, 4.69) is 4.98 Å². The van der Waals surface area contributed by atoms with E-state index in [9.17, 15) is 0 Å². The van der Waals surface area contributed by atoms with E-state index >= 15 is 0 Å². The Balaban J connectivity index is 2.93. The van der Waals surface area contributed by atoms with Crippen LogP contribution >= 0.6 is 23.4 Å². The lowest BCUT2D eigenvalue weighted by Gasteiger charge is -2.01. The number of pyridine rings is 1. The average Bonchev–Trinajstić information content (AvgIpc) is 1.98. The third-order valence-corrected chi connectivity index (χ3v) is 2.24. The van der Waals surface area contributed by atoms with Gasteiger partial charge >= 0.3 is 0 Å². The summed E-state index contributed by atoms with van der Waals surface area (Å²) in [5.41, 5.74) is 6.33. The van der Waals surface area contributed by atoms with Gasteiger partial charge in [0.05, 0.1) is 5.69 Å². The normalized spacial score (nSPS) is 10.0. The Kier molecular flexibility index (Phi) is 3.02. The molecule has 0 bridgehead atoms. The van der Waals surface area contributed by atoms with Gasteiger partial charge in [0.2, 0.25) is 0 Å². The van der Waals surface area contributed by atoms with Gasteiger partial charge in [-0.3, -0.25) is 0 Å². The Morgan fingerprint density at radius 2 is 2.36 bits per heavy atom. The minimum absolute atomic E-state index is 0.496. The van der Waals surface area contributed by atoms with Crippen LogP contribution < -0.4 is 5.73 Å². The van der Waals surface area contributed by atoms with Crippen LogP contribution in [-0.4, -0.2) is 10.7 Å². The second-order valence-corrected chi connectivity index (χ2v) is 3.60. The zero-order chi connectivity index (χ0) is 8.27. The van der Waals surface area contributed by atoms with E-state index in [1.165, 1.54) is 0 Å². The van der Waals surface area contributed by atoms with Crippen LogP contribution in [0.25, 0.3) is 0 Å². The van der Waals surface area contributed by atoms with Gasteiger partial charge in [-0.05, 0) is 17.9 Å². The summed E-state index contributed by atoms with van der Waals surface area (Å²) >= 11 is 7.27. The first-order valence-corrected chi connectivity index (χ1v) is 4.65. The standard InChI is InChI=1S/C7H9ClN2S/c1-2-11-7-5(9)3-4-6(8)10-7/h3-4H,2,9H2,1H3. The van der Waals surface area contributed by atoms with E-state index in [0.717, 1.165) is 10.8 Å². The Morgan fingerprint density at radius 3 is 3.00 bits per heavy atom. The molecule has 0 fully saturated rings. The van der Waals surface area contributed by atoms with E-state index in [1.54, 1.807) is 23.9 Å².